The van der Waals surface area contributed by atoms with Crippen LogP contribution in [0.25, 0.3) is 0 Å². The summed E-state index contributed by atoms with van der Waals surface area (Å²) in [6.45, 7) is 2.66. The molecular formula is C10H20N2O2. The molecule has 1 aliphatic heterocycles. The Hall–Kier alpha value is -0.610. The second-order valence-corrected chi connectivity index (χ2v) is 3.98. The molecule has 1 aliphatic rings. The summed E-state index contributed by atoms with van der Waals surface area (Å²) >= 11 is 0. The van der Waals surface area contributed by atoms with Crippen molar-refractivity contribution in [3.8, 4) is 0 Å². The molecule has 1 rings (SSSR count). The SMILES string of the molecule is C[C@H](N)C(=O)N1CCCCC1CCO. The number of piperidine rings is 1. The molecule has 1 fully saturated rings. The first-order valence-corrected chi connectivity index (χ1v) is 5.33. The highest BCUT2D eigenvalue weighted by Crippen LogP contribution is 2.19. The Labute approximate surface area is 85.1 Å². The average Bonchev–Trinajstić information content (AvgIpc) is 2.18. The lowest BCUT2D eigenvalue weighted by atomic mass is 9.99. The Morgan fingerprint density at radius 1 is 1.64 bits per heavy atom. The number of nitrogens with two attached hydrogens (primary N) is 1. The van der Waals surface area contributed by atoms with Crippen molar-refractivity contribution in [1.82, 2.24) is 4.90 Å². The molecule has 1 unspecified atom stereocenters. The van der Waals surface area contributed by atoms with E-state index in [1.54, 1.807) is 6.92 Å². The molecule has 14 heavy (non-hydrogen) atoms. The van der Waals surface area contributed by atoms with E-state index in [2.05, 4.69) is 0 Å². The van der Waals surface area contributed by atoms with E-state index >= 15 is 0 Å². The zero-order valence-corrected chi connectivity index (χ0v) is 8.78. The molecule has 1 saturated heterocycles. The highest BCUT2D eigenvalue weighted by molar-refractivity contribution is 5.81. The fraction of sp³-hybridized carbons (Fsp3) is 0.900. The molecule has 0 saturated carbocycles. The van der Waals surface area contributed by atoms with Crippen LogP contribution in [0.3, 0.4) is 0 Å². The molecule has 4 heteroatoms. The third kappa shape index (κ3) is 2.69. The lowest BCUT2D eigenvalue weighted by molar-refractivity contribution is -0.136. The Bertz CT molecular complexity index is 193. The van der Waals surface area contributed by atoms with Crippen molar-refractivity contribution in [1.29, 1.82) is 0 Å². The Morgan fingerprint density at radius 3 is 2.93 bits per heavy atom. The molecule has 0 radical (unpaired) electrons. The number of aliphatic hydroxyl groups is 1. The van der Waals surface area contributed by atoms with E-state index in [0.29, 0.717) is 6.42 Å². The number of nitrogens with zero attached hydrogens (tertiary/aromatic N) is 1. The largest absolute Gasteiger partial charge is 0.396 e. The molecule has 1 heterocycles. The van der Waals surface area contributed by atoms with Crippen molar-refractivity contribution >= 4 is 5.91 Å². The third-order valence-corrected chi connectivity index (χ3v) is 2.76. The Balaban J connectivity index is 2.57. The van der Waals surface area contributed by atoms with Gasteiger partial charge in [-0.1, -0.05) is 0 Å². The summed E-state index contributed by atoms with van der Waals surface area (Å²) in [5, 5.41) is 8.89. The summed E-state index contributed by atoms with van der Waals surface area (Å²) in [5.41, 5.74) is 5.57. The monoisotopic (exact) mass is 200 g/mol. The fourth-order valence-electron chi connectivity index (χ4n) is 2.00. The minimum Gasteiger partial charge on any atom is -0.396 e. The summed E-state index contributed by atoms with van der Waals surface area (Å²) in [6, 6.07) is -0.221. The number of rotatable bonds is 3. The van der Waals surface area contributed by atoms with Crippen LogP contribution in [0.4, 0.5) is 0 Å². The molecule has 2 atom stereocenters. The van der Waals surface area contributed by atoms with E-state index < -0.39 is 6.04 Å². The van der Waals surface area contributed by atoms with E-state index in [1.807, 2.05) is 4.90 Å². The lowest BCUT2D eigenvalue weighted by Crippen LogP contribution is -2.50. The van der Waals surface area contributed by atoms with E-state index in [-0.39, 0.29) is 18.6 Å². The van der Waals surface area contributed by atoms with E-state index in [1.165, 1.54) is 0 Å². The molecule has 4 nitrogen and oxygen atoms in total. The normalized spacial score (nSPS) is 24.8. The first kappa shape index (κ1) is 11.5. The number of carbonyl (C=O) groups is 1. The molecule has 0 aromatic heterocycles. The fourth-order valence-corrected chi connectivity index (χ4v) is 2.00. The number of likely N-dealkylation sites (tertiary alicyclic amines) is 1. The average molecular weight is 200 g/mol. The van der Waals surface area contributed by atoms with Gasteiger partial charge >= 0.3 is 0 Å². The zero-order valence-electron chi connectivity index (χ0n) is 8.78. The summed E-state index contributed by atoms with van der Waals surface area (Å²) in [7, 11) is 0. The van der Waals surface area contributed by atoms with Gasteiger partial charge in [0.05, 0.1) is 6.04 Å². The van der Waals surface area contributed by atoms with Gasteiger partial charge in [0.2, 0.25) is 5.91 Å². The van der Waals surface area contributed by atoms with Crippen LogP contribution in [0.5, 0.6) is 0 Å². The second kappa shape index (κ2) is 5.32. The summed E-state index contributed by atoms with van der Waals surface area (Å²) in [4.78, 5) is 13.5. The molecule has 0 aromatic carbocycles. The van der Waals surface area contributed by atoms with Crippen LogP contribution in [0, 0.1) is 0 Å². The molecule has 3 N–H and O–H groups in total. The third-order valence-electron chi connectivity index (χ3n) is 2.76. The van der Waals surface area contributed by atoms with Crippen molar-refractivity contribution in [2.75, 3.05) is 13.2 Å². The number of amides is 1. The molecule has 0 bridgehead atoms. The van der Waals surface area contributed by atoms with Gasteiger partial charge in [-0.25, -0.2) is 0 Å². The van der Waals surface area contributed by atoms with Crippen LogP contribution in [-0.4, -0.2) is 41.1 Å². The Kier molecular flexibility index (Phi) is 4.35. The predicted octanol–water partition coefficient (Wildman–Crippen LogP) is 0.0971. The van der Waals surface area contributed by atoms with Gasteiger partial charge in [0.1, 0.15) is 0 Å². The van der Waals surface area contributed by atoms with Crippen molar-refractivity contribution in [3.05, 3.63) is 0 Å². The number of carbonyl (C=O) groups excluding carboxylic acids is 1. The topological polar surface area (TPSA) is 66.6 Å². The highest BCUT2D eigenvalue weighted by Gasteiger charge is 2.27. The van der Waals surface area contributed by atoms with Crippen LogP contribution >= 0.6 is 0 Å². The maximum Gasteiger partial charge on any atom is 0.239 e. The van der Waals surface area contributed by atoms with Gasteiger partial charge in [-0.15, -0.1) is 0 Å². The predicted molar refractivity (Wildman–Crippen MR) is 54.7 cm³/mol. The standard InChI is InChI=1S/C10H20N2O2/c1-8(11)10(14)12-6-3-2-4-9(12)5-7-13/h8-9,13H,2-7,11H2,1H3/t8-,9?/m0/s1. The van der Waals surface area contributed by atoms with Crippen molar-refractivity contribution in [2.45, 2.75) is 44.7 Å². The van der Waals surface area contributed by atoms with Crippen LogP contribution < -0.4 is 5.73 Å². The summed E-state index contributed by atoms with van der Waals surface area (Å²) in [5.74, 6) is 0.0168. The van der Waals surface area contributed by atoms with Gasteiger partial charge in [-0.3, -0.25) is 4.79 Å². The molecular weight excluding hydrogens is 180 g/mol. The van der Waals surface area contributed by atoms with E-state index in [4.69, 9.17) is 10.8 Å². The van der Waals surface area contributed by atoms with E-state index in [0.717, 1.165) is 25.8 Å². The maximum atomic E-state index is 11.7. The quantitative estimate of drug-likeness (QED) is 0.679. The Morgan fingerprint density at radius 2 is 2.36 bits per heavy atom. The highest BCUT2D eigenvalue weighted by atomic mass is 16.3. The maximum absolute atomic E-state index is 11.7. The van der Waals surface area contributed by atoms with Crippen LogP contribution in [-0.2, 0) is 4.79 Å². The van der Waals surface area contributed by atoms with Crippen LogP contribution in [0.15, 0.2) is 0 Å². The van der Waals surface area contributed by atoms with Crippen molar-refractivity contribution < 1.29 is 9.90 Å². The lowest BCUT2D eigenvalue weighted by Gasteiger charge is -2.36. The summed E-state index contributed by atoms with van der Waals surface area (Å²) in [6.07, 6.45) is 3.88. The van der Waals surface area contributed by atoms with Gasteiger partial charge < -0.3 is 15.7 Å². The number of hydrogen-bond donors (Lipinski definition) is 2. The molecule has 0 aliphatic carbocycles. The van der Waals surface area contributed by atoms with Gasteiger partial charge in [0.15, 0.2) is 0 Å². The van der Waals surface area contributed by atoms with Crippen molar-refractivity contribution in [2.24, 2.45) is 5.73 Å². The van der Waals surface area contributed by atoms with Gasteiger partial charge in [-0.05, 0) is 32.6 Å². The molecule has 0 spiro atoms. The minimum absolute atomic E-state index is 0.0168. The van der Waals surface area contributed by atoms with E-state index in [9.17, 15) is 4.79 Å². The first-order chi connectivity index (χ1) is 6.66. The molecule has 1 amide bonds. The smallest absolute Gasteiger partial charge is 0.239 e. The zero-order chi connectivity index (χ0) is 10.6. The summed E-state index contributed by atoms with van der Waals surface area (Å²) < 4.78 is 0. The van der Waals surface area contributed by atoms with Crippen LogP contribution in [0.2, 0.25) is 0 Å². The van der Waals surface area contributed by atoms with Gasteiger partial charge in [0, 0.05) is 19.2 Å². The second-order valence-electron chi connectivity index (χ2n) is 3.98. The molecule has 82 valence electrons. The minimum atomic E-state index is -0.422. The number of aliphatic hydroxyl groups excluding tert-OH is 1. The molecule has 0 aromatic rings. The first-order valence-electron chi connectivity index (χ1n) is 5.33. The van der Waals surface area contributed by atoms with Gasteiger partial charge in [-0.2, -0.15) is 0 Å². The van der Waals surface area contributed by atoms with Crippen LogP contribution in [0.1, 0.15) is 32.6 Å². The number of hydrogen-bond acceptors (Lipinski definition) is 3. The van der Waals surface area contributed by atoms with Crippen molar-refractivity contribution in [3.63, 3.8) is 0 Å². The van der Waals surface area contributed by atoms with Gasteiger partial charge in [0.25, 0.3) is 0 Å².